The Balaban J connectivity index is 1.74. The van der Waals surface area contributed by atoms with E-state index < -0.39 is 0 Å². The minimum absolute atomic E-state index is 0.703. The number of rotatable bonds is 7. The van der Waals surface area contributed by atoms with Crippen LogP contribution in [0, 0.1) is 5.92 Å². The van der Waals surface area contributed by atoms with Crippen molar-refractivity contribution in [1.29, 1.82) is 0 Å². The van der Waals surface area contributed by atoms with Crippen LogP contribution in [-0.2, 0) is 0 Å². The van der Waals surface area contributed by atoms with Gasteiger partial charge in [-0.25, -0.2) is 0 Å². The molecule has 1 atom stereocenters. The highest BCUT2D eigenvalue weighted by molar-refractivity contribution is 9.10. The summed E-state index contributed by atoms with van der Waals surface area (Å²) in [5, 5.41) is 4.20. The largest absolute Gasteiger partial charge is 0.491 e. The summed E-state index contributed by atoms with van der Waals surface area (Å²) in [7, 11) is 0. The van der Waals surface area contributed by atoms with Gasteiger partial charge in [0.15, 0.2) is 0 Å². The van der Waals surface area contributed by atoms with Crippen molar-refractivity contribution in [2.75, 3.05) is 39.3 Å². The molecule has 0 aromatic heterocycles. The van der Waals surface area contributed by atoms with Crippen LogP contribution >= 0.6 is 27.5 Å². The van der Waals surface area contributed by atoms with E-state index in [1.165, 1.54) is 19.4 Å². The summed E-state index contributed by atoms with van der Waals surface area (Å²) in [5.74, 6) is 1.63. The molecule has 0 aliphatic carbocycles. The first-order valence-corrected chi connectivity index (χ1v) is 8.87. The molecular weight excluding hydrogens is 352 g/mol. The van der Waals surface area contributed by atoms with Gasteiger partial charge in [0.1, 0.15) is 12.4 Å². The lowest BCUT2D eigenvalue weighted by atomic mass is 9.99. The summed E-state index contributed by atoms with van der Waals surface area (Å²) in [6.45, 7) is 8.44. The summed E-state index contributed by atoms with van der Waals surface area (Å²) in [5.41, 5.74) is 0. The van der Waals surface area contributed by atoms with Gasteiger partial charge in [0.05, 0.1) is 4.47 Å². The van der Waals surface area contributed by atoms with E-state index in [-0.39, 0.29) is 0 Å². The first-order chi connectivity index (χ1) is 10.2. The van der Waals surface area contributed by atoms with E-state index in [9.17, 15) is 0 Å². The van der Waals surface area contributed by atoms with Crippen molar-refractivity contribution < 1.29 is 4.74 Å². The number of hydrogen-bond donors (Lipinski definition) is 1. The Labute approximate surface area is 141 Å². The van der Waals surface area contributed by atoms with E-state index in [2.05, 4.69) is 33.1 Å². The van der Waals surface area contributed by atoms with Crippen molar-refractivity contribution in [3.05, 3.63) is 27.7 Å². The summed E-state index contributed by atoms with van der Waals surface area (Å²) in [6.07, 6.45) is 2.64. The summed E-state index contributed by atoms with van der Waals surface area (Å²) >= 11 is 9.41. The second-order valence-corrected chi connectivity index (χ2v) is 6.82. The molecule has 0 amide bonds. The number of likely N-dealkylation sites (N-methyl/N-ethyl adjacent to an activating group) is 1. The fourth-order valence-electron chi connectivity index (χ4n) is 2.70. The third kappa shape index (κ3) is 5.78. The predicted octanol–water partition coefficient (Wildman–Crippen LogP) is 3.80. The molecule has 1 aliphatic heterocycles. The number of nitrogens with zero attached hydrogens (tertiary/aromatic N) is 1. The Morgan fingerprint density at radius 1 is 1.48 bits per heavy atom. The maximum atomic E-state index is 5.93. The smallest absolute Gasteiger partial charge is 0.133 e. The molecule has 3 nitrogen and oxygen atoms in total. The second-order valence-electron chi connectivity index (χ2n) is 5.53. The first kappa shape index (κ1) is 17.1. The topological polar surface area (TPSA) is 24.5 Å². The normalized spacial score (nSPS) is 19.0. The molecule has 1 aromatic rings. The average Bonchev–Trinajstić information content (AvgIpc) is 2.49. The number of nitrogens with one attached hydrogen (secondary N) is 1. The molecule has 0 bridgehead atoms. The molecule has 0 radical (unpaired) electrons. The molecular formula is C16H24BrClN2O. The summed E-state index contributed by atoms with van der Waals surface area (Å²) in [6, 6.07) is 5.63. The predicted molar refractivity (Wildman–Crippen MR) is 92.4 cm³/mol. The van der Waals surface area contributed by atoms with Gasteiger partial charge in [0.25, 0.3) is 0 Å². The van der Waals surface area contributed by atoms with Crippen molar-refractivity contribution in [2.45, 2.75) is 19.8 Å². The molecule has 0 saturated carbocycles. The zero-order chi connectivity index (χ0) is 15.1. The van der Waals surface area contributed by atoms with Crippen LogP contribution in [0.2, 0.25) is 5.02 Å². The Bertz CT molecular complexity index is 438. The highest BCUT2D eigenvalue weighted by Gasteiger charge is 2.16. The van der Waals surface area contributed by atoms with Crippen LogP contribution in [0.5, 0.6) is 5.75 Å². The SMILES string of the molecule is CCN(CCOc1ccc(Cl)cc1Br)CC1CCCNC1. The highest BCUT2D eigenvalue weighted by atomic mass is 79.9. The van der Waals surface area contributed by atoms with E-state index in [0.29, 0.717) is 11.6 Å². The quantitative estimate of drug-likeness (QED) is 0.784. The fraction of sp³-hybridized carbons (Fsp3) is 0.625. The average molecular weight is 376 g/mol. The lowest BCUT2D eigenvalue weighted by Crippen LogP contribution is -2.39. The van der Waals surface area contributed by atoms with Crippen LogP contribution in [0.15, 0.2) is 22.7 Å². The Morgan fingerprint density at radius 2 is 2.33 bits per heavy atom. The molecule has 1 aliphatic rings. The van der Waals surface area contributed by atoms with E-state index in [1.54, 1.807) is 0 Å². The second kappa shape index (κ2) is 8.99. The summed E-state index contributed by atoms with van der Waals surface area (Å²) in [4.78, 5) is 2.47. The van der Waals surface area contributed by atoms with Crippen molar-refractivity contribution in [3.8, 4) is 5.75 Å². The lowest BCUT2D eigenvalue weighted by Gasteiger charge is -2.29. The van der Waals surface area contributed by atoms with Crippen molar-refractivity contribution in [2.24, 2.45) is 5.92 Å². The van der Waals surface area contributed by atoms with Gasteiger partial charge in [-0.05, 0) is 72.5 Å². The zero-order valence-electron chi connectivity index (χ0n) is 12.6. The van der Waals surface area contributed by atoms with Crippen molar-refractivity contribution >= 4 is 27.5 Å². The maximum absolute atomic E-state index is 5.93. The van der Waals surface area contributed by atoms with E-state index in [0.717, 1.165) is 42.3 Å². The molecule has 21 heavy (non-hydrogen) atoms. The molecule has 1 heterocycles. The molecule has 1 unspecified atom stereocenters. The van der Waals surface area contributed by atoms with Crippen LogP contribution in [0.25, 0.3) is 0 Å². The third-order valence-electron chi connectivity index (χ3n) is 3.92. The van der Waals surface area contributed by atoms with Gasteiger partial charge >= 0.3 is 0 Å². The molecule has 118 valence electrons. The number of benzene rings is 1. The minimum Gasteiger partial charge on any atom is -0.491 e. The van der Waals surface area contributed by atoms with Crippen molar-refractivity contribution in [1.82, 2.24) is 10.2 Å². The molecule has 2 rings (SSSR count). The van der Waals surface area contributed by atoms with E-state index in [4.69, 9.17) is 16.3 Å². The van der Waals surface area contributed by atoms with Gasteiger partial charge in [-0.2, -0.15) is 0 Å². The van der Waals surface area contributed by atoms with Gasteiger partial charge in [0.2, 0.25) is 0 Å². The van der Waals surface area contributed by atoms with Gasteiger partial charge in [-0.3, -0.25) is 4.90 Å². The van der Waals surface area contributed by atoms with Crippen LogP contribution in [-0.4, -0.2) is 44.2 Å². The molecule has 5 heteroatoms. The van der Waals surface area contributed by atoms with E-state index in [1.807, 2.05) is 18.2 Å². The number of halogens is 2. The number of piperidine rings is 1. The standard InChI is InChI=1S/C16H24BrClN2O/c1-2-20(12-13-4-3-7-19-11-13)8-9-21-16-6-5-14(18)10-15(16)17/h5-6,10,13,19H,2-4,7-9,11-12H2,1H3. The molecule has 1 fully saturated rings. The minimum atomic E-state index is 0.703. The van der Waals surface area contributed by atoms with Gasteiger partial charge in [-0.1, -0.05) is 18.5 Å². The van der Waals surface area contributed by atoms with Gasteiger partial charge in [-0.15, -0.1) is 0 Å². The first-order valence-electron chi connectivity index (χ1n) is 7.70. The summed E-state index contributed by atoms with van der Waals surface area (Å²) < 4.78 is 6.76. The lowest BCUT2D eigenvalue weighted by molar-refractivity contribution is 0.179. The van der Waals surface area contributed by atoms with Crippen molar-refractivity contribution in [3.63, 3.8) is 0 Å². The van der Waals surface area contributed by atoms with Gasteiger partial charge < -0.3 is 10.1 Å². The Kier molecular flexibility index (Phi) is 7.30. The highest BCUT2D eigenvalue weighted by Crippen LogP contribution is 2.27. The monoisotopic (exact) mass is 374 g/mol. The fourth-order valence-corrected chi connectivity index (χ4v) is 3.50. The Hall–Kier alpha value is -0.290. The van der Waals surface area contributed by atoms with Gasteiger partial charge in [0, 0.05) is 18.1 Å². The molecule has 1 N–H and O–H groups in total. The van der Waals surface area contributed by atoms with E-state index >= 15 is 0 Å². The number of hydrogen-bond acceptors (Lipinski definition) is 3. The third-order valence-corrected chi connectivity index (χ3v) is 4.78. The zero-order valence-corrected chi connectivity index (χ0v) is 14.9. The van der Waals surface area contributed by atoms with Crippen LogP contribution < -0.4 is 10.1 Å². The van der Waals surface area contributed by atoms with Crippen LogP contribution in [0.1, 0.15) is 19.8 Å². The van der Waals surface area contributed by atoms with Crippen LogP contribution in [0.4, 0.5) is 0 Å². The molecule has 1 aromatic carbocycles. The maximum Gasteiger partial charge on any atom is 0.133 e. The molecule has 1 saturated heterocycles. The van der Waals surface area contributed by atoms with Crippen LogP contribution in [0.3, 0.4) is 0 Å². The number of ether oxygens (including phenoxy) is 1. The molecule has 0 spiro atoms. The Morgan fingerprint density at radius 3 is 3.00 bits per heavy atom.